The van der Waals surface area contributed by atoms with Gasteiger partial charge in [-0.25, -0.2) is 0 Å². The third kappa shape index (κ3) is 2.45. The SMILES string of the molecule is OCCc1cc(-c2ccc(Br)c(Cl)c2)no1. The molecule has 84 valence electrons. The fourth-order valence-electron chi connectivity index (χ4n) is 1.33. The Balaban J connectivity index is 2.31. The summed E-state index contributed by atoms with van der Waals surface area (Å²) in [5.41, 5.74) is 1.61. The molecule has 1 aromatic heterocycles. The number of aliphatic hydroxyl groups excluding tert-OH is 1. The standard InChI is InChI=1S/C11H9BrClNO2/c12-9-2-1-7(5-10(9)13)11-6-8(3-4-15)16-14-11/h1-2,5-6,15H,3-4H2. The van der Waals surface area contributed by atoms with Crippen molar-refractivity contribution in [2.45, 2.75) is 6.42 Å². The van der Waals surface area contributed by atoms with Crippen molar-refractivity contribution in [3.8, 4) is 11.3 Å². The maximum atomic E-state index is 8.76. The molecule has 0 radical (unpaired) electrons. The molecule has 0 aliphatic carbocycles. The lowest BCUT2D eigenvalue weighted by Gasteiger charge is -1.98. The summed E-state index contributed by atoms with van der Waals surface area (Å²) in [6.45, 7) is 0.0513. The molecule has 5 heteroatoms. The van der Waals surface area contributed by atoms with Gasteiger partial charge in [0.2, 0.25) is 0 Å². The van der Waals surface area contributed by atoms with E-state index in [1.165, 1.54) is 0 Å². The number of nitrogens with zero attached hydrogens (tertiary/aromatic N) is 1. The van der Waals surface area contributed by atoms with Gasteiger partial charge in [0.1, 0.15) is 11.5 Å². The molecule has 0 spiro atoms. The summed E-state index contributed by atoms with van der Waals surface area (Å²) in [5, 5.41) is 13.3. The lowest BCUT2D eigenvalue weighted by Crippen LogP contribution is -1.86. The zero-order valence-corrected chi connectivity index (χ0v) is 10.6. The molecule has 1 aromatic carbocycles. The van der Waals surface area contributed by atoms with Crippen molar-refractivity contribution in [3.63, 3.8) is 0 Å². The van der Waals surface area contributed by atoms with E-state index in [1.54, 1.807) is 6.07 Å². The normalized spacial score (nSPS) is 10.7. The fourth-order valence-corrected chi connectivity index (χ4v) is 1.76. The van der Waals surface area contributed by atoms with Gasteiger partial charge in [-0.2, -0.15) is 0 Å². The molecule has 0 saturated heterocycles. The van der Waals surface area contributed by atoms with Gasteiger partial charge in [-0.3, -0.25) is 0 Å². The number of aliphatic hydroxyl groups is 1. The molecule has 0 amide bonds. The quantitative estimate of drug-likeness (QED) is 0.946. The van der Waals surface area contributed by atoms with Crippen LogP contribution in [0.4, 0.5) is 0 Å². The van der Waals surface area contributed by atoms with Crippen molar-refractivity contribution < 1.29 is 9.63 Å². The van der Waals surface area contributed by atoms with Crippen LogP contribution in [0.3, 0.4) is 0 Å². The minimum absolute atomic E-state index is 0.0513. The van der Waals surface area contributed by atoms with Gasteiger partial charge in [-0.1, -0.05) is 22.8 Å². The van der Waals surface area contributed by atoms with E-state index in [4.69, 9.17) is 21.2 Å². The highest BCUT2D eigenvalue weighted by atomic mass is 79.9. The van der Waals surface area contributed by atoms with E-state index in [9.17, 15) is 0 Å². The average Bonchev–Trinajstić information content (AvgIpc) is 2.71. The number of rotatable bonds is 3. The highest BCUT2D eigenvalue weighted by Gasteiger charge is 2.07. The van der Waals surface area contributed by atoms with Gasteiger partial charge >= 0.3 is 0 Å². The molecule has 2 aromatic rings. The molecular weight excluding hydrogens is 293 g/mol. The smallest absolute Gasteiger partial charge is 0.139 e. The number of benzene rings is 1. The number of hydrogen-bond acceptors (Lipinski definition) is 3. The maximum absolute atomic E-state index is 8.76. The molecule has 0 aliphatic rings. The second-order valence-electron chi connectivity index (χ2n) is 3.28. The molecule has 0 aliphatic heterocycles. The van der Waals surface area contributed by atoms with Crippen LogP contribution in [0.1, 0.15) is 5.76 Å². The second kappa shape index (κ2) is 4.99. The topological polar surface area (TPSA) is 46.3 Å². The first-order chi connectivity index (χ1) is 7.70. The Hall–Kier alpha value is -0.840. The molecule has 3 nitrogen and oxygen atoms in total. The summed E-state index contributed by atoms with van der Waals surface area (Å²) in [6, 6.07) is 7.37. The van der Waals surface area contributed by atoms with E-state index in [2.05, 4.69) is 21.1 Å². The Kier molecular flexibility index (Phi) is 3.63. The van der Waals surface area contributed by atoms with Crippen molar-refractivity contribution >= 4 is 27.5 Å². The monoisotopic (exact) mass is 301 g/mol. The van der Waals surface area contributed by atoms with Crippen LogP contribution in [0.5, 0.6) is 0 Å². The third-order valence-corrected chi connectivity index (χ3v) is 3.37. The zero-order valence-electron chi connectivity index (χ0n) is 8.28. The largest absolute Gasteiger partial charge is 0.396 e. The fraction of sp³-hybridized carbons (Fsp3) is 0.182. The molecule has 2 rings (SSSR count). The second-order valence-corrected chi connectivity index (χ2v) is 4.54. The van der Waals surface area contributed by atoms with Crippen LogP contribution in [0.15, 0.2) is 33.3 Å². The minimum Gasteiger partial charge on any atom is -0.396 e. The van der Waals surface area contributed by atoms with Gasteiger partial charge in [0.05, 0.1) is 11.6 Å². The highest BCUT2D eigenvalue weighted by Crippen LogP contribution is 2.28. The summed E-state index contributed by atoms with van der Waals surface area (Å²) in [5.74, 6) is 0.663. The zero-order chi connectivity index (χ0) is 11.5. The van der Waals surface area contributed by atoms with Crippen LogP contribution in [0.2, 0.25) is 5.02 Å². The van der Waals surface area contributed by atoms with E-state index in [0.29, 0.717) is 17.2 Å². The van der Waals surface area contributed by atoms with Crippen molar-refractivity contribution in [2.24, 2.45) is 0 Å². The van der Waals surface area contributed by atoms with Crippen LogP contribution in [0.25, 0.3) is 11.3 Å². The van der Waals surface area contributed by atoms with Gasteiger partial charge in [0.25, 0.3) is 0 Å². The molecule has 1 heterocycles. The van der Waals surface area contributed by atoms with Crippen molar-refractivity contribution in [1.82, 2.24) is 5.16 Å². The molecule has 0 saturated carbocycles. The first-order valence-corrected chi connectivity index (χ1v) is 5.89. The molecule has 0 fully saturated rings. The van der Waals surface area contributed by atoms with Crippen molar-refractivity contribution in [3.05, 3.63) is 39.5 Å². The summed E-state index contributed by atoms with van der Waals surface area (Å²) in [7, 11) is 0. The molecule has 1 N–H and O–H groups in total. The van der Waals surface area contributed by atoms with Gasteiger partial charge in [0.15, 0.2) is 0 Å². The Bertz CT molecular complexity index is 498. The lowest BCUT2D eigenvalue weighted by atomic mass is 10.1. The van der Waals surface area contributed by atoms with E-state index < -0.39 is 0 Å². The highest BCUT2D eigenvalue weighted by molar-refractivity contribution is 9.10. The molecule has 16 heavy (non-hydrogen) atoms. The summed E-state index contributed by atoms with van der Waals surface area (Å²) >= 11 is 9.31. The molecule has 0 atom stereocenters. The summed E-state index contributed by atoms with van der Waals surface area (Å²) in [4.78, 5) is 0. The lowest BCUT2D eigenvalue weighted by molar-refractivity contribution is 0.277. The Morgan fingerprint density at radius 1 is 1.38 bits per heavy atom. The van der Waals surface area contributed by atoms with Crippen molar-refractivity contribution in [1.29, 1.82) is 0 Å². The molecule has 0 bridgehead atoms. The van der Waals surface area contributed by atoms with Crippen LogP contribution in [-0.2, 0) is 6.42 Å². The van der Waals surface area contributed by atoms with E-state index in [1.807, 2.05) is 18.2 Å². The van der Waals surface area contributed by atoms with Crippen LogP contribution >= 0.6 is 27.5 Å². The van der Waals surface area contributed by atoms with Gasteiger partial charge in [-0.05, 0) is 28.1 Å². The van der Waals surface area contributed by atoms with Gasteiger partial charge in [0, 0.05) is 22.5 Å². The minimum atomic E-state index is 0.0513. The average molecular weight is 303 g/mol. The first kappa shape index (κ1) is 11.6. The maximum Gasteiger partial charge on any atom is 0.139 e. The number of aromatic nitrogens is 1. The summed E-state index contributed by atoms with van der Waals surface area (Å²) in [6.07, 6.45) is 0.470. The Morgan fingerprint density at radius 2 is 2.19 bits per heavy atom. The Morgan fingerprint density at radius 3 is 2.88 bits per heavy atom. The van der Waals surface area contributed by atoms with Gasteiger partial charge < -0.3 is 9.63 Å². The predicted octanol–water partition coefficient (Wildman–Crippen LogP) is 3.29. The summed E-state index contributed by atoms with van der Waals surface area (Å²) < 4.78 is 5.91. The van der Waals surface area contributed by atoms with Crippen LogP contribution < -0.4 is 0 Å². The number of hydrogen-bond donors (Lipinski definition) is 1. The van der Waals surface area contributed by atoms with Gasteiger partial charge in [-0.15, -0.1) is 0 Å². The number of halogens is 2. The van der Waals surface area contributed by atoms with Crippen molar-refractivity contribution in [2.75, 3.05) is 6.61 Å². The molecule has 0 unspecified atom stereocenters. The first-order valence-electron chi connectivity index (χ1n) is 4.72. The third-order valence-electron chi connectivity index (χ3n) is 2.13. The van der Waals surface area contributed by atoms with E-state index in [0.717, 1.165) is 15.7 Å². The van der Waals surface area contributed by atoms with E-state index in [-0.39, 0.29) is 6.61 Å². The van der Waals surface area contributed by atoms with E-state index >= 15 is 0 Å². The predicted molar refractivity (Wildman–Crippen MR) is 65.4 cm³/mol. The molecular formula is C11H9BrClNO2. The Labute approximate surface area is 106 Å². The van der Waals surface area contributed by atoms with Crippen LogP contribution in [0, 0.1) is 0 Å². The van der Waals surface area contributed by atoms with Crippen LogP contribution in [-0.4, -0.2) is 16.9 Å².